The Kier molecular flexibility index (Phi) is 39.8. The van der Waals surface area contributed by atoms with E-state index in [0.717, 1.165) is 96.6 Å². The molecule has 658 valence electrons. The van der Waals surface area contributed by atoms with E-state index in [0.29, 0.717) is 77.3 Å². The Balaban J connectivity index is 0.000000279. The summed E-state index contributed by atoms with van der Waals surface area (Å²) in [5, 5.41) is 36.1. The summed E-state index contributed by atoms with van der Waals surface area (Å²) in [5.74, 6) is -4.26. The molecule has 121 heavy (non-hydrogen) atoms. The number of aliphatic hydroxyl groups excluding tert-OH is 3. The number of carbonyl (C=O) groups is 3. The normalized spacial score (nSPS) is 14.4. The minimum absolute atomic E-state index is 0. The predicted octanol–water partition coefficient (Wildman–Crippen LogP) is 12.9. The smallest absolute Gasteiger partial charge is 0.416 e. The number of aliphatic hydroxyl groups is 3. The number of aryl methyl sites for hydroxylation is 2. The second-order valence-corrected chi connectivity index (χ2v) is 34.4. The van der Waals surface area contributed by atoms with E-state index in [2.05, 4.69) is 10.3 Å². The molecule has 11 N–H and O–H groups in total. The highest BCUT2D eigenvalue weighted by molar-refractivity contribution is 7.92. The summed E-state index contributed by atoms with van der Waals surface area (Å²) in [6, 6.07) is 42.4. The summed E-state index contributed by atoms with van der Waals surface area (Å²) < 4.78 is 153. The molecule has 21 nitrogen and oxygen atoms in total. The number of fused-ring (bicyclic) bond motifs is 1. The van der Waals surface area contributed by atoms with E-state index in [9.17, 15) is 82.1 Å². The molecule has 10 rings (SSSR count). The molecule has 7 atom stereocenters. The van der Waals surface area contributed by atoms with Gasteiger partial charge in [0.1, 0.15) is 34.7 Å². The first-order valence-electron chi connectivity index (χ1n) is 39.4. The number of benzene rings is 8. The van der Waals surface area contributed by atoms with Crippen molar-refractivity contribution in [3.63, 3.8) is 0 Å². The number of piperidine rings is 1. The number of nitrogens with one attached hydrogen (secondary N) is 2. The number of H-pyrrole nitrogens is 1. The maximum atomic E-state index is 13.8. The summed E-state index contributed by atoms with van der Waals surface area (Å²) in [6.45, 7) is 9.43. The van der Waals surface area contributed by atoms with Crippen LogP contribution >= 0.6 is 36.4 Å². The van der Waals surface area contributed by atoms with Crippen LogP contribution in [0.5, 0.6) is 5.75 Å². The lowest BCUT2D eigenvalue weighted by Gasteiger charge is -2.29. The fourth-order valence-electron chi connectivity index (χ4n) is 13.8. The van der Waals surface area contributed by atoms with Crippen LogP contribution in [0.25, 0.3) is 10.9 Å². The van der Waals surface area contributed by atoms with Gasteiger partial charge in [0.2, 0.25) is 15.9 Å². The Hall–Kier alpha value is -8.86. The van der Waals surface area contributed by atoms with Gasteiger partial charge in [-0.15, -0.1) is 24.8 Å². The fourth-order valence-corrected chi connectivity index (χ4v) is 17.4. The molecule has 1 aromatic heterocycles. The van der Waals surface area contributed by atoms with Crippen LogP contribution in [0.1, 0.15) is 131 Å². The first kappa shape index (κ1) is 101. The minimum Gasteiger partial charge on any atom is -0.497 e. The van der Waals surface area contributed by atoms with Gasteiger partial charge < -0.3 is 62.3 Å². The Bertz CT molecular complexity index is 5150. The second-order valence-electron chi connectivity index (χ2n) is 29.6. The number of hydrogen-bond acceptors (Lipinski definition) is 16. The van der Waals surface area contributed by atoms with Gasteiger partial charge >= 0.3 is 6.18 Å². The fraction of sp³-hybridized carbons (Fsp3) is 0.386. The monoisotopic (exact) mass is 1780 g/mol. The van der Waals surface area contributed by atoms with Crippen LogP contribution in [0.2, 0.25) is 5.02 Å². The third-order valence-corrected chi connectivity index (χ3v) is 24.5. The zero-order valence-corrected chi connectivity index (χ0v) is 71.9. The number of pyridine rings is 1. The van der Waals surface area contributed by atoms with E-state index >= 15 is 0 Å². The third kappa shape index (κ3) is 30.6. The molecular weight excluding hydrogens is 1680 g/mol. The molecule has 0 saturated carbocycles. The first-order chi connectivity index (χ1) is 56.5. The molecule has 1 unspecified atom stereocenters. The number of alkyl halides is 3. The highest BCUT2D eigenvalue weighted by Crippen LogP contribution is 2.31. The van der Waals surface area contributed by atoms with Gasteiger partial charge in [-0.25, -0.2) is 38.7 Å². The molecule has 0 aliphatic carbocycles. The van der Waals surface area contributed by atoms with Gasteiger partial charge in [-0.2, -0.15) is 13.2 Å². The van der Waals surface area contributed by atoms with Crippen LogP contribution in [0, 0.1) is 23.3 Å². The van der Waals surface area contributed by atoms with Crippen LogP contribution in [0.4, 0.5) is 30.7 Å². The van der Waals surface area contributed by atoms with Crippen molar-refractivity contribution in [2.24, 2.45) is 17.2 Å². The number of rotatable bonds is 36. The number of nitrogens with zero attached hydrogens (tertiary/aromatic N) is 4. The largest absolute Gasteiger partial charge is 0.497 e. The maximum absolute atomic E-state index is 13.8. The highest BCUT2D eigenvalue weighted by atomic mass is 35.5. The predicted molar refractivity (Wildman–Crippen MR) is 461 cm³/mol. The highest BCUT2D eigenvalue weighted by Gasteiger charge is 2.34. The van der Waals surface area contributed by atoms with Crippen LogP contribution in [-0.4, -0.2) is 174 Å². The van der Waals surface area contributed by atoms with Crippen molar-refractivity contribution in [2.45, 2.75) is 164 Å². The van der Waals surface area contributed by atoms with Gasteiger partial charge in [-0.1, -0.05) is 124 Å². The molecule has 1 saturated heterocycles. The van der Waals surface area contributed by atoms with Gasteiger partial charge in [0.15, 0.2) is 15.3 Å². The third-order valence-electron chi connectivity index (χ3n) is 20.2. The molecule has 9 aromatic rings. The molecule has 3 amide bonds. The van der Waals surface area contributed by atoms with E-state index in [-0.39, 0.29) is 123 Å². The van der Waals surface area contributed by atoms with E-state index in [1.54, 1.807) is 48.5 Å². The average molecular weight is 1790 g/mol. The SMILES string of the molecule is CCCN(CCC)S(=O)(=O)CCC(=O)N(Cc1cccc(OC)c1)C[C@@H](O)[C@@H](N)Cc1cccc(C(F)(F)F)c1.CCc1cccc(CN(C[C@@H](O)[C@@H](N)Cc2cc(F)cc(F)c2)C(=O)c2cc(=O)c3cc(Cl)ccc3[nH]2)c1.CCc1cccc(CN(C[C@@H](O)[C@@H](N)Cc2cc(F)cc(F)c2)C(=O)c2cccc(S(=O)(=O)C3CCCNC3)c2)c1.Cl.Cl. The Morgan fingerprint density at radius 1 is 0.562 bits per heavy atom. The minimum atomic E-state index is -4.51. The maximum Gasteiger partial charge on any atom is 0.416 e. The standard InChI is InChI=1S/C31H37F2N3O4S.C29H28ClF2N3O3.C28H40F3N3O5S.2ClH/c1-2-21-6-3-7-22(12-21)19-36(20-30(37)29(34)15-23-13-25(32)17-26(33)14-23)31(38)24-8-4-9-27(16-24)41(39,40)28-10-5-11-35-18-28;1-2-17-4-3-5-18(8-17)15-35(16-28(37)24(33)11-19-9-21(31)13-22(32)10-19)29(38)26-14-27(36)23-12-20(30)6-7-25(23)34-26;1-4-13-34(14-5-2)40(37,38)15-12-27(36)33(19-22-9-7-11-24(17-22)39-3)20-26(35)25(32)18-21-8-6-10-23(16-21)28(29,30)31;;/h3-4,6-9,12-14,16-17,28-30,35,37H,2,5,10-11,15,18-20,34H2,1H3;3-10,12-14,24,28,37H,2,11,15-16,33H2,1H3,(H,34,36);6-11,16-17,25-26,35H,4-5,12-15,18-20,32H2,1-3H3;2*1H/t28?,29-,30+;24-,28+;25-,26+;;/m000../s1. The number of sulfone groups is 1. The summed E-state index contributed by atoms with van der Waals surface area (Å²) in [6.07, 6.45) is -4.39. The number of carbonyl (C=O) groups excluding carboxylic acids is 3. The number of amides is 3. The zero-order chi connectivity index (χ0) is 86.9. The van der Waals surface area contributed by atoms with E-state index in [1.807, 2.05) is 76.2 Å². The molecule has 33 heteroatoms. The summed E-state index contributed by atoms with van der Waals surface area (Å²) in [4.78, 5) is 60.7. The van der Waals surface area contributed by atoms with Gasteiger partial charge in [-0.3, -0.25) is 19.2 Å². The Morgan fingerprint density at radius 2 is 1.03 bits per heavy atom. The number of ether oxygens (including phenoxy) is 1. The number of aromatic amines is 1. The zero-order valence-electron chi connectivity index (χ0n) is 67.9. The van der Waals surface area contributed by atoms with Crippen molar-refractivity contribution in [1.29, 1.82) is 0 Å². The summed E-state index contributed by atoms with van der Waals surface area (Å²) >= 11 is 6.01. The quantitative estimate of drug-likeness (QED) is 0.0169. The average Bonchev–Trinajstić information content (AvgIpc) is 0.782. The molecule has 1 aliphatic heterocycles. The molecule has 0 radical (unpaired) electrons. The van der Waals surface area contributed by atoms with Gasteiger partial charge in [-0.05, 0) is 188 Å². The number of methoxy groups -OCH3 is 1. The van der Waals surface area contributed by atoms with Crippen LogP contribution in [0.3, 0.4) is 0 Å². The van der Waals surface area contributed by atoms with E-state index in [4.69, 9.17) is 33.5 Å². The van der Waals surface area contributed by atoms with Crippen molar-refractivity contribution in [3.05, 3.63) is 282 Å². The molecule has 0 bridgehead atoms. The molecule has 0 spiro atoms. The van der Waals surface area contributed by atoms with Gasteiger partial charge in [0.05, 0.1) is 46.9 Å². The Morgan fingerprint density at radius 3 is 1.54 bits per heavy atom. The van der Waals surface area contributed by atoms with Crippen LogP contribution < -0.4 is 32.7 Å². The van der Waals surface area contributed by atoms with Gasteiger partial charge in [0, 0.05) is 123 Å². The Labute approximate surface area is 719 Å². The molecule has 2 heterocycles. The first-order valence-corrected chi connectivity index (χ1v) is 42.9. The van der Waals surface area contributed by atoms with Crippen molar-refractivity contribution >= 4 is 84.9 Å². The topological polar surface area (TPSA) is 325 Å². The van der Waals surface area contributed by atoms with Crippen molar-refractivity contribution in [2.75, 3.05) is 58.7 Å². The second kappa shape index (κ2) is 47.7. The lowest BCUT2D eigenvalue weighted by Crippen LogP contribution is -2.46. The number of halogens is 10. The molecule has 1 aliphatic rings. The lowest BCUT2D eigenvalue weighted by atomic mass is 9.99. The number of nitrogens with two attached hydrogens (primary N) is 3. The number of aromatic nitrogens is 1. The van der Waals surface area contributed by atoms with E-state index in [1.165, 1.54) is 62.5 Å². The van der Waals surface area contributed by atoms with Crippen molar-refractivity contribution in [3.8, 4) is 5.75 Å². The summed E-state index contributed by atoms with van der Waals surface area (Å²) in [7, 11) is -5.83. The molecule has 8 aromatic carbocycles. The number of hydrogen-bond donors (Lipinski definition) is 8. The van der Waals surface area contributed by atoms with E-state index < -0.39 is 114 Å². The van der Waals surface area contributed by atoms with Crippen LogP contribution in [0.15, 0.2) is 192 Å². The summed E-state index contributed by atoms with van der Waals surface area (Å²) in [5.41, 5.74) is 23.4. The van der Waals surface area contributed by atoms with Crippen molar-refractivity contribution in [1.82, 2.24) is 29.3 Å². The molecular formula is C88H107Cl3F7N9O12S2. The number of sulfonamides is 1. The van der Waals surface area contributed by atoms with Crippen LogP contribution in [-0.2, 0) is 82.6 Å². The molecule has 1 fully saturated rings. The van der Waals surface area contributed by atoms with Gasteiger partial charge in [0.25, 0.3) is 11.8 Å². The van der Waals surface area contributed by atoms with Crippen molar-refractivity contribution < 1.29 is 82.0 Å². The lowest BCUT2D eigenvalue weighted by molar-refractivity contribution is -0.137.